The molecule has 0 radical (unpaired) electrons. The van der Waals surface area contributed by atoms with Gasteiger partial charge in [-0.15, -0.1) is 0 Å². The third-order valence-corrected chi connectivity index (χ3v) is 4.23. The second kappa shape index (κ2) is 5.97. The van der Waals surface area contributed by atoms with Crippen molar-refractivity contribution in [3.63, 3.8) is 0 Å². The number of nitrogens with zero attached hydrogens (tertiary/aromatic N) is 2. The van der Waals surface area contributed by atoms with Gasteiger partial charge in [0.2, 0.25) is 5.82 Å². The van der Waals surface area contributed by atoms with Crippen LogP contribution in [0.1, 0.15) is 5.56 Å². The molecule has 21 heavy (non-hydrogen) atoms. The Morgan fingerprint density at radius 2 is 2.00 bits per heavy atom. The lowest BCUT2D eigenvalue weighted by Gasteiger charge is -1.99. The molecular weight excluding hydrogens is 354 g/mol. The minimum atomic E-state index is 0.464. The van der Waals surface area contributed by atoms with Crippen molar-refractivity contribution in [2.75, 3.05) is 0 Å². The van der Waals surface area contributed by atoms with Crippen LogP contribution < -0.4 is 5.73 Å². The molecule has 0 spiro atoms. The van der Waals surface area contributed by atoms with E-state index in [1.807, 2.05) is 36.4 Å². The van der Waals surface area contributed by atoms with Gasteiger partial charge in [0, 0.05) is 22.1 Å². The lowest BCUT2D eigenvalue weighted by molar-refractivity contribution is 0.432. The van der Waals surface area contributed by atoms with Gasteiger partial charge in [-0.3, -0.25) is 0 Å². The summed E-state index contributed by atoms with van der Waals surface area (Å²) in [5.41, 5.74) is 8.34. The third kappa shape index (κ3) is 3.00. The molecule has 0 atom stereocenters. The second-order valence-corrected chi connectivity index (χ2v) is 5.72. The van der Waals surface area contributed by atoms with E-state index in [-0.39, 0.29) is 0 Å². The molecule has 0 amide bonds. The van der Waals surface area contributed by atoms with Crippen molar-refractivity contribution in [1.82, 2.24) is 10.1 Å². The number of benzene rings is 2. The fourth-order valence-electron chi connectivity index (χ4n) is 1.92. The molecule has 0 unspecified atom stereocenters. The highest BCUT2D eigenvalue weighted by Gasteiger charge is 2.12. The largest absolute Gasteiger partial charge is 0.334 e. The SMILES string of the molecule is NCc1cccc(-c2nc(-c3ccc(Cl)c(Br)c3)no2)c1. The van der Waals surface area contributed by atoms with E-state index in [1.54, 1.807) is 6.07 Å². The van der Waals surface area contributed by atoms with Crippen molar-refractivity contribution < 1.29 is 4.52 Å². The monoisotopic (exact) mass is 363 g/mol. The van der Waals surface area contributed by atoms with Crippen molar-refractivity contribution in [1.29, 1.82) is 0 Å². The number of hydrogen-bond acceptors (Lipinski definition) is 4. The number of nitrogens with two attached hydrogens (primary N) is 1. The maximum Gasteiger partial charge on any atom is 0.258 e. The van der Waals surface area contributed by atoms with E-state index in [0.717, 1.165) is 21.2 Å². The zero-order chi connectivity index (χ0) is 14.8. The van der Waals surface area contributed by atoms with Gasteiger partial charge in [-0.2, -0.15) is 4.98 Å². The highest BCUT2D eigenvalue weighted by molar-refractivity contribution is 9.10. The lowest BCUT2D eigenvalue weighted by Crippen LogP contribution is -1.95. The average molecular weight is 365 g/mol. The zero-order valence-corrected chi connectivity index (χ0v) is 13.2. The zero-order valence-electron chi connectivity index (χ0n) is 10.9. The maximum atomic E-state index is 5.98. The van der Waals surface area contributed by atoms with Gasteiger partial charge in [0.1, 0.15) is 0 Å². The number of rotatable bonds is 3. The molecule has 2 N–H and O–H groups in total. The summed E-state index contributed by atoms with van der Waals surface area (Å²) in [5.74, 6) is 0.979. The topological polar surface area (TPSA) is 64.9 Å². The molecule has 0 fully saturated rings. The molecule has 0 saturated carbocycles. The van der Waals surface area contributed by atoms with Crippen molar-refractivity contribution in [3.8, 4) is 22.8 Å². The van der Waals surface area contributed by atoms with Crippen molar-refractivity contribution in [2.45, 2.75) is 6.54 Å². The Hall–Kier alpha value is -1.69. The van der Waals surface area contributed by atoms with Crippen LogP contribution in [0, 0.1) is 0 Å². The van der Waals surface area contributed by atoms with Gasteiger partial charge in [0.05, 0.1) is 5.02 Å². The Morgan fingerprint density at radius 1 is 1.14 bits per heavy atom. The Morgan fingerprint density at radius 3 is 2.76 bits per heavy atom. The molecule has 0 aliphatic heterocycles. The van der Waals surface area contributed by atoms with Gasteiger partial charge in [-0.1, -0.05) is 28.9 Å². The van der Waals surface area contributed by atoms with E-state index in [1.165, 1.54) is 0 Å². The van der Waals surface area contributed by atoms with E-state index >= 15 is 0 Å². The van der Waals surface area contributed by atoms with Crippen LogP contribution in [0.15, 0.2) is 51.5 Å². The molecule has 3 rings (SSSR count). The first kappa shape index (κ1) is 14.3. The summed E-state index contributed by atoms with van der Waals surface area (Å²) in [6.45, 7) is 0.471. The molecular formula is C15H11BrClN3O. The van der Waals surface area contributed by atoms with Crippen molar-refractivity contribution in [3.05, 3.63) is 57.5 Å². The Bertz CT molecular complexity index is 788. The maximum absolute atomic E-state index is 5.98. The summed E-state index contributed by atoms with van der Waals surface area (Å²) in [5, 5.41) is 4.64. The molecule has 0 aliphatic carbocycles. The minimum absolute atomic E-state index is 0.464. The Labute approximate surface area is 135 Å². The second-order valence-electron chi connectivity index (χ2n) is 4.46. The van der Waals surface area contributed by atoms with Crippen LogP contribution in [0.2, 0.25) is 5.02 Å². The Balaban J connectivity index is 1.97. The van der Waals surface area contributed by atoms with Crippen LogP contribution in [0.3, 0.4) is 0 Å². The molecule has 0 saturated heterocycles. The fraction of sp³-hybridized carbons (Fsp3) is 0.0667. The van der Waals surface area contributed by atoms with Crippen LogP contribution in [0.5, 0.6) is 0 Å². The molecule has 3 aromatic rings. The molecule has 0 bridgehead atoms. The van der Waals surface area contributed by atoms with Crippen LogP contribution in [0.4, 0.5) is 0 Å². The lowest BCUT2D eigenvalue weighted by atomic mass is 10.1. The summed E-state index contributed by atoms with van der Waals surface area (Å²) in [6.07, 6.45) is 0. The highest BCUT2D eigenvalue weighted by Crippen LogP contribution is 2.28. The van der Waals surface area contributed by atoms with Gasteiger partial charge < -0.3 is 10.3 Å². The van der Waals surface area contributed by atoms with Crippen LogP contribution >= 0.6 is 27.5 Å². The first-order valence-electron chi connectivity index (χ1n) is 6.26. The predicted molar refractivity (Wildman–Crippen MR) is 85.8 cm³/mol. The molecule has 4 nitrogen and oxygen atoms in total. The molecule has 1 heterocycles. The van der Waals surface area contributed by atoms with Gasteiger partial charge >= 0.3 is 0 Å². The Kier molecular flexibility index (Phi) is 4.05. The first-order valence-corrected chi connectivity index (χ1v) is 7.43. The van der Waals surface area contributed by atoms with E-state index in [9.17, 15) is 0 Å². The molecule has 106 valence electrons. The number of aromatic nitrogens is 2. The molecule has 0 aliphatic rings. The fourth-order valence-corrected chi connectivity index (χ4v) is 2.42. The number of halogens is 2. The van der Waals surface area contributed by atoms with Crippen LogP contribution in [0.25, 0.3) is 22.8 Å². The van der Waals surface area contributed by atoms with Crippen molar-refractivity contribution in [2.24, 2.45) is 5.73 Å². The molecule has 1 aromatic heterocycles. The summed E-state index contributed by atoms with van der Waals surface area (Å²) >= 11 is 9.36. The van der Waals surface area contributed by atoms with E-state index < -0.39 is 0 Å². The van der Waals surface area contributed by atoms with E-state index in [2.05, 4.69) is 26.1 Å². The van der Waals surface area contributed by atoms with Gasteiger partial charge in [0.25, 0.3) is 5.89 Å². The van der Waals surface area contributed by atoms with Gasteiger partial charge in [-0.25, -0.2) is 0 Å². The predicted octanol–water partition coefficient (Wildman–Crippen LogP) is 4.28. The minimum Gasteiger partial charge on any atom is -0.334 e. The average Bonchev–Trinajstić information content (AvgIpc) is 3.00. The molecule has 6 heteroatoms. The van der Waals surface area contributed by atoms with Gasteiger partial charge in [-0.05, 0) is 51.8 Å². The van der Waals surface area contributed by atoms with Crippen LogP contribution in [-0.4, -0.2) is 10.1 Å². The summed E-state index contributed by atoms with van der Waals surface area (Å²) in [6, 6.07) is 13.2. The summed E-state index contributed by atoms with van der Waals surface area (Å²) < 4.78 is 6.11. The summed E-state index contributed by atoms with van der Waals surface area (Å²) in [4.78, 5) is 4.41. The first-order chi connectivity index (χ1) is 10.2. The third-order valence-electron chi connectivity index (χ3n) is 3.01. The standard InChI is InChI=1S/C15H11BrClN3O/c16-12-7-10(4-5-13(12)17)14-19-15(21-20-14)11-3-1-2-9(6-11)8-18/h1-7H,8,18H2. The summed E-state index contributed by atoms with van der Waals surface area (Å²) in [7, 11) is 0. The van der Waals surface area contributed by atoms with Crippen LogP contribution in [-0.2, 0) is 6.54 Å². The normalized spacial score (nSPS) is 10.8. The molecule has 2 aromatic carbocycles. The van der Waals surface area contributed by atoms with Gasteiger partial charge in [0.15, 0.2) is 0 Å². The van der Waals surface area contributed by atoms with E-state index in [0.29, 0.717) is 23.3 Å². The highest BCUT2D eigenvalue weighted by atomic mass is 79.9. The quantitative estimate of drug-likeness (QED) is 0.753. The van der Waals surface area contributed by atoms with E-state index in [4.69, 9.17) is 21.9 Å². The number of hydrogen-bond donors (Lipinski definition) is 1. The van der Waals surface area contributed by atoms with Crippen molar-refractivity contribution >= 4 is 27.5 Å². The smallest absolute Gasteiger partial charge is 0.258 e.